The van der Waals surface area contributed by atoms with Crippen LogP contribution in [0.15, 0.2) is 62.6 Å². The number of hydrogen-bond acceptors (Lipinski definition) is 4. The zero-order valence-electron chi connectivity index (χ0n) is 12.4. The molecule has 2 N–H and O–H groups in total. The zero-order valence-corrected chi connectivity index (χ0v) is 13.3. The van der Waals surface area contributed by atoms with E-state index in [1.54, 1.807) is 12.1 Å². The van der Waals surface area contributed by atoms with Crippen LogP contribution < -0.4 is 10.8 Å². The van der Waals surface area contributed by atoms with Crippen molar-refractivity contribution < 1.29 is 12.8 Å². The van der Waals surface area contributed by atoms with Crippen LogP contribution in [0.25, 0.3) is 11.0 Å². The maximum Gasteiger partial charge on any atom is 0.336 e. The van der Waals surface area contributed by atoms with Gasteiger partial charge in [0, 0.05) is 11.5 Å². The van der Waals surface area contributed by atoms with Crippen LogP contribution in [0, 0.1) is 6.92 Å². The highest BCUT2D eigenvalue weighted by Crippen LogP contribution is 2.20. The summed E-state index contributed by atoms with van der Waals surface area (Å²) in [6.45, 7) is 1.87. The zero-order chi connectivity index (χ0) is 16.6. The molecule has 3 aromatic rings. The average molecular weight is 329 g/mol. The smallest absolute Gasteiger partial charge is 0.336 e. The fourth-order valence-electron chi connectivity index (χ4n) is 2.51. The molecule has 0 amide bonds. The summed E-state index contributed by atoms with van der Waals surface area (Å²) in [5, 5.41) is 5.98. The molecule has 1 aromatic heterocycles. The first kappa shape index (κ1) is 15.5. The van der Waals surface area contributed by atoms with Crippen molar-refractivity contribution in [1.29, 1.82) is 0 Å². The summed E-state index contributed by atoms with van der Waals surface area (Å²) >= 11 is 0. The van der Waals surface area contributed by atoms with Gasteiger partial charge in [0.15, 0.2) is 0 Å². The van der Waals surface area contributed by atoms with Crippen LogP contribution in [-0.2, 0) is 16.4 Å². The van der Waals surface area contributed by atoms with E-state index in [4.69, 9.17) is 9.56 Å². The van der Waals surface area contributed by atoms with Gasteiger partial charge < -0.3 is 4.42 Å². The number of sulfonamides is 1. The predicted molar refractivity (Wildman–Crippen MR) is 87.8 cm³/mol. The third kappa shape index (κ3) is 3.33. The van der Waals surface area contributed by atoms with E-state index in [1.165, 1.54) is 18.2 Å². The van der Waals surface area contributed by atoms with E-state index in [1.807, 2.05) is 25.1 Å². The number of fused-ring (bicyclic) bond motifs is 1. The lowest BCUT2D eigenvalue weighted by atomic mass is 10.0. The van der Waals surface area contributed by atoms with Crippen LogP contribution in [0.5, 0.6) is 0 Å². The topological polar surface area (TPSA) is 90.4 Å². The van der Waals surface area contributed by atoms with Crippen LogP contribution in [0.4, 0.5) is 0 Å². The molecule has 1 heterocycles. The lowest BCUT2D eigenvalue weighted by molar-refractivity contribution is 0.559. The Hall–Kier alpha value is -2.44. The van der Waals surface area contributed by atoms with E-state index in [0.29, 0.717) is 12.0 Å². The van der Waals surface area contributed by atoms with Gasteiger partial charge >= 0.3 is 5.63 Å². The van der Waals surface area contributed by atoms with Gasteiger partial charge in [0.1, 0.15) is 5.58 Å². The van der Waals surface area contributed by atoms with E-state index >= 15 is 0 Å². The van der Waals surface area contributed by atoms with Crippen molar-refractivity contribution >= 4 is 21.0 Å². The van der Waals surface area contributed by atoms with Gasteiger partial charge in [0.25, 0.3) is 0 Å². The molecule has 0 radical (unpaired) electrons. The maximum atomic E-state index is 11.5. The Labute approximate surface area is 133 Å². The lowest BCUT2D eigenvalue weighted by Crippen LogP contribution is -2.11. The van der Waals surface area contributed by atoms with E-state index in [2.05, 4.69) is 0 Å². The monoisotopic (exact) mass is 329 g/mol. The van der Waals surface area contributed by atoms with Gasteiger partial charge in [-0.1, -0.05) is 24.3 Å². The first-order valence-electron chi connectivity index (χ1n) is 6.98. The van der Waals surface area contributed by atoms with Crippen LogP contribution >= 0.6 is 0 Å². The first-order chi connectivity index (χ1) is 10.8. The summed E-state index contributed by atoms with van der Waals surface area (Å²) in [5.74, 6) is 0. The molecule has 0 spiro atoms. The first-order valence-corrected chi connectivity index (χ1v) is 8.53. The molecule has 0 bridgehead atoms. The second-order valence-corrected chi connectivity index (χ2v) is 7.01. The second-order valence-electron chi connectivity index (χ2n) is 5.44. The van der Waals surface area contributed by atoms with Crippen LogP contribution in [-0.4, -0.2) is 8.42 Å². The molecule has 0 aliphatic heterocycles. The lowest BCUT2D eigenvalue weighted by Gasteiger charge is -2.06. The van der Waals surface area contributed by atoms with Crippen molar-refractivity contribution in [3.63, 3.8) is 0 Å². The highest BCUT2D eigenvalue weighted by atomic mass is 32.2. The Morgan fingerprint density at radius 3 is 2.30 bits per heavy atom. The number of rotatable bonds is 3. The SMILES string of the molecule is Cc1cc(=O)oc2cc(Cc3ccc(S(N)(=O)=O)cc3)ccc12. The van der Waals surface area contributed by atoms with Crippen molar-refractivity contribution in [2.75, 3.05) is 0 Å². The summed E-state index contributed by atoms with van der Waals surface area (Å²) < 4.78 is 27.7. The number of primary sulfonamides is 1. The van der Waals surface area contributed by atoms with E-state index in [-0.39, 0.29) is 10.5 Å². The number of benzene rings is 2. The third-order valence-electron chi connectivity index (χ3n) is 3.68. The van der Waals surface area contributed by atoms with Gasteiger partial charge in [0.2, 0.25) is 10.0 Å². The Morgan fingerprint density at radius 2 is 1.65 bits per heavy atom. The van der Waals surface area contributed by atoms with Crippen LogP contribution in [0.3, 0.4) is 0 Å². The molecule has 23 heavy (non-hydrogen) atoms. The van der Waals surface area contributed by atoms with Crippen molar-refractivity contribution in [3.8, 4) is 0 Å². The predicted octanol–water partition coefficient (Wildman–Crippen LogP) is 2.34. The summed E-state index contributed by atoms with van der Waals surface area (Å²) in [6, 6.07) is 13.6. The minimum Gasteiger partial charge on any atom is -0.423 e. The van der Waals surface area contributed by atoms with Gasteiger partial charge in [-0.3, -0.25) is 0 Å². The molecule has 0 aliphatic rings. The molecule has 3 rings (SSSR count). The van der Waals surface area contributed by atoms with Gasteiger partial charge in [-0.25, -0.2) is 18.4 Å². The summed E-state index contributed by atoms with van der Waals surface area (Å²) in [6.07, 6.45) is 0.596. The Morgan fingerprint density at radius 1 is 1.00 bits per heavy atom. The molecule has 0 aliphatic carbocycles. The fraction of sp³-hybridized carbons (Fsp3) is 0.118. The molecular weight excluding hydrogens is 314 g/mol. The van der Waals surface area contributed by atoms with E-state index < -0.39 is 10.0 Å². The molecule has 118 valence electrons. The molecule has 2 aromatic carbocycles. The highest BCUT2D eigenvalue weighted by molar-refractivity contribution is 7.89. The van der Waals surface area contributed by atoms with E-state index in [9.17, 15) is 13.2 Å². The summed E-state index contributed by atoms with van der Waals surface area (Å²) in [7, 11) is -3.68. The number of nitrogens with two attached hydrogens (primary N) is 1. The standard InChI is InChI=1S/C17H15NO4S/c1-11-8-17(19)22-16-10-13(4-7-15(11)16)9-12-2-5-14(6-3-12)23(18,20)21/h2-8,10H,9H2,1H3,(H2,18,20,21). The summed E-state index contributed by atoms with van der Waals surface area (Å²) in [4.78, 5) is 11.6. The van der Waals surface area contributed by atoms with Crippen LogP contribution in [0.2, 0.25) is 0 Å². The van der Waals surface area contributed by atoms with Crippen molar-refractivity contribution in [2.24, 2.45) is 5.14 Å². The van der Waals surface area contributed by atoms with Crippen molar-refractivity contribution in [2.45, 2.75) is 18.2 Å². The average Bonchev–Trinajstić information content (AvgIpc) is 2.46. The molecule has 0 saturated heterocycles. The van der Waals surface area contributed by atoms with E-state index in [0.717, 1.165) is 22.1 Å². The highest BCUT2D eigenvalue weighted by Gasteiger charge is 2.08. The van der Waals surface area contributed by atoms with Crippen molar-refractivity contribution in [1.82, 2.24) is 0 Å². The molecule has 0 atom stereocenters. The van der Waals surface area contributed by atoms with Crippen molar-refractivity contribution in [3.05, 3.63) is 75.6 Å². The normalized spacial score (nSPS) is 11.7. The number of aryl methyl sites for hydroxylation is 1. The Bertz CT molecular complexity index is 1030. The second kappa shape index (κ2) is 5.64. The minimum absolute atomic E-state index is 0.0846. The third-order valence-corrected chi connectivity index (χ3v) is 4.61. The molecular formula is C17H15NO4S. The molecule has 5 nitrogen and oxygen atoms in total. The Balaban J connectivity index is 1.94. The molecule has 0 fully saturated rings. The molecule has 0 unspecified atom stereocenters. The Kier molecular flexibility index (Phi) is 3.79. The van der Waals surface area contributed by atoms with Gasteiger partial charge in [-0.05, 0) is 48.2 Å². The minimum atomic E-state index is -3.68. The van der Waals surface area contributed by atoms with Gasteiger partial charge in [-0.2, -0.15) is 0 Å². The largest absolute Gasteiger partial charge is 0.423 e. The molecule has 6 heteroatoms. The summed E-state index contributed by atoms with van der Waals surface area (Å²) in [5.41, 5.74) is 2.96. The number of hydrogen-bond donors (Lipinski definition) is 1. The van der Waals surface area contributed by atoms with Gasteiger partial charge in [0.05, 0.1) is 4.90 Å². The van der Waals surface area contributed by atoms with Gasteiger partial charge in [-0.15, -0.1) is 0 Å². The fourth-order valence-corrected chi connectivity index (χ4v) is 3.03. The maximum absolute atomic E-state index is 11.5. The quantitative estimate of drug-likeness (QED) is 0.747. The van der Waals surface area contributed by atoms with Crippen LogP contribution in [0.1, 0.15) is 16.7 Å². The molecule has 0 saturated carbocycles.